The molecule has 0 atom stereocenters. The van der Waals surface area contributed by atoms with E-state index in [1.54, 1.807) is 12.1 Å². The Bertz CT molecular complexity index is 743. The lowest BCUT2D eigenvalue weighted by Gasteiger charge is -2.14. The third-order valence-electron chi connectivity index (χ3n) is 2.86. The Labute approximate surface area is 156 Å². The van der Waals surface area contributed by atoms with Gasteiger partial charge in [0.25, 0.3) is 0 Å². The molecule has 0 spiro atoms. The lowest BCUT2D eigenvalue weighted by atomic mass is 10.0. The Morgan fingerprint density at radius 1 is 0.818 bits per heavy atom. The first-order chi connectivity index (χ1) is 10.3. The highest BCUT2D eigenvalue weighted by atomic mass is 35.5. The van der Waals surface area contributed by atoms with Crippen LogP contribution in [0.3, 0.4) is 0 Å². The maximum Gasteiger partial charge on any atom is 0.201 e. The number of benzene rings is 2. The smallest absolute Gasteiger partial charge is 0.201 e. The van der Waals surface area contributed by atoms with Gasteiger partial charge >= 0.3 is 0 Å². The maximum absolute atomic E-state index is 12.8. The van der Waals surface area contributed by atoms with Crippen molar-refractivity contribution in [1.29, 1.82) is 0 Å². The molecule has 0 radical (unpaired) electrons. The van der Waals surface area contributed by atoms with Crippen LogP contribution in [0.15, 0.2) is 18.2 Å². The zero-order chi connectivity index (χ0) is 16.6. The number of carbonyl (C=O) groups is 1. The average molecular weight is 419 g/mol. The lowest BCUT2D eigenvalue weighted by Crippen LogP contribution is -2.07. The van der Waals surface area contributed by atoms with E-state index in [4.69, 9.17) is 74.3 Å². The summed E-state index contributed by atoms with van der Waals surface area (Å²) in [6.45, 7) is 0. The molecule has 0 aliphatic heterocycles. The third kappa shape index (κ3) is 3.01. The van der Waals surface area contributed by atoms with Gasteiger partial charge in [0.1, 0.15) is 5.75 Å². The van der Waals surface area contributed by atoms with Gasteiger partial charge in [0.15, 0.2) is 0 Å². The standard InChI is InChI=1S/C14H6Cl6O2/c1-22-6-4-2-3-5(15)7(6)14(21)8-9(16)11(18)13(20)12(19)10(8)17/h2-4H,1H3. The van der Waals surface area contributed by atoms with Crippen LogP contribution in [0, 0.1) is 0 Å². The van der Waals surface area contributed by atoms with E-state index in [1.165, 1.54) is 13.2 Å². The summed E-state index contributed by atoms with van der Waals surface area (Å²) in [5, 5.41) is -0.181. The second-order valence-electron chi connectivity index (χ2n) is 4.09. The van der Waals surface area contributed by atoms with Crippen molar-refractivity contribution in [2.24, 2.45) is 0 Å². The molecule has 2 rings (SSSR count). The van der Waals surface area contributed by atoms with Gasteiger partial charge in [0.05, 0.1) is 48.4 Å². The highest BCUT2D eigenvalue weighted by Gasteiger charge is 2.27. The van der Waals surface area contributed by atoms with Gasteiger partial charge in [-0.2, -0.15) is 0 Å². The SMILES string of the molecule is COc1cccc(Cl)c1C(=O)c1c(Cl)c(Cl)c(Cl)c(Cl)c1Cl. The van der Waals surface area contributed by atoms with E-state index in [0.29, 0.717) is 0 Å². The molecule has 0 saturated carbocycles. The Balaban J connectivity index is 2.77. The van der Waals surface area contributed by atoms with Crippen LogP contribution in [-0.2, 0) is 0 Å². The minimum atomic E-state index is -0.571. The molecule has 22 heavy (non-hydrogen) atoms. The molecule has 0 aromatic heterocycles. The molecule has 8 heteroatoms. The first kappa shape index (κ1) is 18.0. The molecule has 0 N–H and O–H groups in total. The van der Waals surface area contributed by atoms with E-state index >= 15 is 0 Å². The van der Waals surface area contributed by atoms with Crippen molar-refractivity contribution in [3.8, 4) is 5.75 Å². The van der Waals surface area contributed by atoms with E-state index in [2.05, 4.69) is 0 Å². The fourth-order valence-corrected chi connectivity index (χ4v) is 3.39. The molecule has 0 heterocycles. The Kier molecular flexibility index (Phi) is 5.76. The van der Waals surface area contributed by atoms with Gasteiger partial charge in [-0.05, 0) is 12.1 Å². The van der Waals surface area contributed by atoms with Crippen LogP contribution in [0.5, 0.6) is 5.75 Å². The quantitative estimate of drug-likeness (QED) is 0.309. The molecular weight excluding hydrogens is 413 g/mol. The maximum atomic E-state index is 12.8. The predicted octanol–water partition coefficient (Wildman–Crippen LogP) is 6.85. The van der Waals surface area contributed by atoms with E-state index in [9.17, 15) is 4.79 Å². The number of ketones is 1. The number of halogens is 6. The Morgan fingerprint density at radius 3 is 1.82 bits per heavy atom. The Morgan fingerprint density at radius 2 is 1.32 bits per heavy atom. The summed E-state index contributed by atoms with van der Waals surface area (Å²) >= 11 is 36.2. The van der Waals surface area contributed by atoms with Crippen LogP contribution in [-0.4, -0.2) is 12.9 Å². The second-order valence-corrected chi connectivity index (χ2v) is 6.39. The summed E-state index contributed by atoms with van der Waals surface area (Å²) in [5.41, 5.74) is 0.0130. The molecule has 116 valence electrons. The molecular formula is C14H6Cl6O2. The van der Waals surface area contributed by atoms with Gasteiger partial charge in [-0.3, -0.25) is 4.79 Å². The minimum Gasteiger partial charge on any atom is -0.496 e. The molecule has 0 amide bonds. The van der Waals surface area contributed by atoms with Crippen LogP contribution < -0.4 is 4.74 Å². The van der Waals surface area contributed by atoms with Crippen molar-refractivity contribution in [1.82, 2.24) is 0 Å². The van der Waals surface area contributed by atoms with Crippen molar-refractivity contribution in [2.45, 2.75) is 0 Å². The van der Waals surface area contributed by atoms with Gasteiger partial charge in [-0.25, -0.2) is 0 Å². The first-order valence-corrected chi connectivity index (χ1v) is 7.96. The van der Waals surface area contributed by atoms with Crippen LogP contribution in [0.2, 0.25) is 30.1 Å². The molecule has 2 nitrogen and oxygen atoms in total. The summed E-state index contributed by atoms with van der Waals surface area (Å²) in [6, 6.07) is 4.77. The summed E-state index contributed by atoms with van der Waals surface area (Å²) in [6.07, 6.45) is 0. The second kappa shape index (κ2) is 7.04. The molecule has 0 bridgehead atoms. The monoisotopic (exact) mass is 416 g/mol. The number of hydrogen-bond donors (Lipinski definition) is 0. The van der Waals surface area contributed by atoms with E-state index < -0.39 is 5.78 Å². The van der Waals surface area contributed by atoms with Gasteiger partial charge in [0, 0.05) is 0 Å². The topological polar surface area (TPSA) is 26.3 Å². The van der Waals surface area contributed by atoms with Crippen molar-refractivity contribution in [3.63, 3.8) is 0 Å². The summed E-state index contributed by atoms with van der Waals surface area (Å²) in [5.74, 6) is -0.301. The summed E-state index contributed by atoms with van der Waals surface area (Å²) < 4.78 is 5.15. The number of hydrogen-bond acceptors (Lipinski definition) is 2. The molecule has 0 unspecified atom stereocenters. The molecule has 0 fully saturated rings. The van der Waals surface area contributed by atoms with Crippen molar-refractivity contribution < 1.29 is 9.53 Å². The van der Waals surface area contributed by atoms with Crippen LogP contribution in [0.4, 0.5) is 0 Å². The van der Waals surface area contributed by atoms with Gasteiger partial charge < -0.3 is 4.74 Å². The zero-order valence-corrected chi connectivity index (χ0v) is 15.4. The van der Waals surface area contributed by atoms with E-state index in [0.717, 1.165) is 0 Å². The Hall–Kier alpha value is -0.350. The normalized spacial score (nSPS) is 10.7. The first-order valence-electron chi connectivity index (χ1n) is 5.69. The van der Waals surface area contributed by atoms with Crippen molar-refractivity contribution in [3.05, 3.63) is 59.5 Å². The van der Waals surface area contributed by atoms with E-state index in [1.807, 2.05) is 0 Å². The molecule has 2 aromatic carbocycles. The van der Waals surface area contributed by atoms with Crippen molar-refractivity contribution >= 4 is 75.4 Å². The van der Waals surface area contributed by atoms with Crippen molar-refractivity contribution in [2.75, 3.05) is 7.11 Å². The number of rotatable bonds is 3. The fraction of sp³-hybridized carbons (Fsp3) is 0.0714. The lowest BCUT2D eigenvalue weighted by molar-refractivity contribution is 0.103. The predicted molar refractivity (Wildman–Crippen MR) is 92.9 cm³/mol. The number of methoxy groups -OCH3 is 1. The summed E-state index contributed by atoms with van der Waals surface area (Å²) in [4.78, 5) is 12.8. The molecule has 2 aromatic rings. The van der Waals surface area contributed by atoms with Crippen LogP contribution in [0.25, 0.3) is 0 Å². The molecule has 0 aliphatic rings. The van der Waals surface area contributed by atoms with Crippen LogP contribution >= 0.6 is 69.6 Å². The van der Waals surface area contributed by atoms with Gasteiger partial charge in [0.2, 0.25) is 5.78 Å². The summed E-state index contributed by atoms with van der Waals surface area (Å²) in [7, 11) is 1.41. The van der Waals surface area contributed by atoms with Gasteiger partial charge in [-0.15, -0.1) is 0 Å². The highest BCUT2D eigenvalue weighted by Crippen LogP contribution is 2.45. The molecule has 0 saturated heterocycles. The van der Waals surface area contributed by atoms with E-state index in [-0.39, 0.29) is 47.0 Å². The highest BCUT2D eigenvalue weighted by molar-refractivity contribution is 6.57. The molecule has 0 aliphatic carbocycles. The number of carbonyl (C=O) groups excluding carboxylic acids is 1. The fourth-order valence-electron chi connectivity index (χ4n) is 1.82. The largest absolute Gasteiger partial charge is 0.496 e. The average Bonchev–Trinajstić information content (AvgIpc) is 2.50. The number of ether oxygens (including phenoxy) is 1. The van der Waals surface area contributed by atoms with Crippen LogP contribution in [0.1, 0.15) is 15.9 Å². The minimum absolute atomic E-state index is 0.0268. The third-order valence-corrected chi connectivity index (χ3v) is 5.45. The van der Waals surface area contributed by atoms with Gasteiger partial charge in [-0.1, -0.05) is 75.7 Å². The zero-order valence-electron chi connectivity index (χ0n) is 10.8.